The van der Waals surface area contributed by atoms with Gasteiger partial charge in [0, 0.05) is 12.1 Å². The average Bonchev–Trinajstić information content (AvgIpc) is 2.38. The lowest BCUT2D eigenvalue weighted by Crippen LogP contribution is -2.20. The van der Waals surface area contributed by atoms with Gasteiger partial charge in [-0.1, -0.05) is 0 Å². The highest BCUT2D eigenvalue weighted by atomic mass is 16.6. The second-order valence-corrected chi connectivity index (χ2v) is 3.40. The van der Waals surface area contributed by atoms with Crippen molar-refractivity contribution in [3.05, 3.63) is 27.9 Å². The Morgan fingerprint density at radius 3 is 2.63 bits per heavy atom. The molecule has 8 nitrogen and oxygen atoms in total. The van der Waals surface area contributed by atoms with Gasteiger partial charge in [0.05, 0.1) is 25.1 Å². The average molecular weight is 268 g/mol. The molecule has 1 aromatic heterocycles. The number of methoxy groups -OCH3 is 1. The maximum absolute atomic E-state index is 11.5. The fourth-order valence-electron chi connectivity index (χ4n) is 1.32. The summed E-state index contributed by atoms with van der Waals surface area (Å²) in [5, 5.41) is 10.8. The van der Waals surface area contributed by atoms with Crippen LogP contribution in [-0.2, 0) is 20.7 Å². The number of nitrogens with zero attached hydrogens (tertiary/aromatic N) is 2. The standard InChI is InChI=1S/C11H12N2O6/c1-3-19-11(15)9(14)6-7-8(13(16)17)4-5-10(12-7)18-2/h4-5H,3,6H2,1-2H3. The summed E-state index contributed by atoms with van der Waals surface area (Å²) in [6.45, 7) is 1.61. The summed E-state index contributed by atoms with van der Waals surface area (Å²) in [5.74, 6) is -1.82. The number of Topliss-reactive ketones (excluding diaryl/α,β-unsaturated/α-hetero) is 1. The zero-order valence-corrected chi connectivity index (χ0v) is 10.4. The number of carbonyl (C=O) groups excluding carboxylic acids is 2. The number of esters is 1. The second kappa shape index (κ2) is 6.43. The van der Waals surface area contributed by atoms with E-state index in [0.29, 0.717) is 0 Å². The Kier molecular flexibility index (Phi) is 4.92. The lowest BCUT2D eigenvalue weighted by molar-refractivity contribution is -0.385. The first-order chi connectivity index (χ1) is 8.99. The molecule has 0 saturated carbocycles. The van der Waals surface area contributed by atoms with E-state index in [1.807, 2.05) is 0 Å². The molecule has 0 aliphatic rings. The maximum atomic E-state index is 11.5. The van der Waals surface area contributed by atoms with E-state index in [4.69, 9.17) is 4.74 Å². The summed E-state index contributed by atoms with van der Waals surface area (Å²) in [6.07, 6.45) is -0.508. The number of rotatable bonds is 6. The second-order valence-electron chi connectivity index (χ2n) is 3.40. The molecular weight excluding hydrogens is 256 g/mol. The van der Waals surface area contributed by atoms with Crippen LogP contribution in [0.15, 0.2) is 12.1 Å². The Hall–Kier alpha value is -2.51. The SMILES string of the molecule is CCOC(=O)C(=O)Cc1nc(OC)ccc1[N+](=O)[O-]. The topological polar surface area (TPSA) is 109 Å². The number of hydrogen-bond acceptors (Lipinski definition) is 7. The number of nitro groups is 1. The van der Waals surface area contributed by atoms with Crippen LogP contribution in [0.3, 0.4) is 0 Å². The van der Waals surface area contributed by atoms with Gasteiger partial charge < -0.3 is 9.47 Å². The molecule has 0 spiro atoms. The van der Waals surface area contributed by atoms with Crippen molar-refractivity contribution >= 4 is 17.4 Å². The van der Waals surface area contributed by atoms with E-state index in [-0.39, 0.29) is 23.9 Å². The molecule has 1 aromatic rings. The molecule has 0 bridgehead atoms. The number of aromatic nitrogens is 1. The van der Waals surface area contributed by atoms with Crippen molar-refractivity contribution in [3.8, 4) is 5.88 Å². The largest absolute Gasteiger partial charge is 0.481 e. The first-order valence-corrected chi connectivity index (χ1v) is 5.37. The third-order valence-electron chi connectivity index (χ3n) is 2.16. The van der Waals surface area contributed by atoms with Crippen molar-refractivity contribution in [2.75, 3.05) is 13.7 Å². The normalized spacial score (nSPS) is 9.79. The number of ketones is 1. The summed E-state index contributed by atoms with van der Waals surface area (Å²) in [4.78, 5) is 36.6. The predicted molar refractivity (Wildman–Crippen MR) is 62.8 cm³/mol. The van der Waals surface area contributed by atoms with Gasteiger partial charge in [0.25, 0.3) is 5.69 Å². The van der Waals surface area contributed by atoms with Crippen molar-refractivity contribution in [2.24, 2.45) is 0 Å². The highest BCUT2D eigenvalue weighted by molar-refractivity contribution is 6.34. The molecule has 0 fully saturated rings. The van der Waals surface area contributed by atoms with E-state index < -0.39 is 23.1 Å². The number of pyridine rings is 1. The van der Waals surface area contributed by atoms with Crippen LogP contribution < -0.4 is 4.74 Å². The van der Waals surface area contributed by atoms with Gasteiger partial charge in [0.1, 0.15) is 5.69 Å². The van der Waals surface area contributed by atoms with Crippen molar-refractivity contribution in [2.45, 2.75) is 13.3 Å². The Morgan fingerprint density at radius 2 is 2.11 bits per heavy atom. The molecule has 8 heteroatoms. The van der Waals surface area contributed by atoms with E-state index in [9.17, 15) is 19.7 Å². The van der Waals surface area contributed by atoms with Crippen LogP contribution in [0.4, 0.5) is 5.69 Å². The molecule has 0 atom stereocenters. The van der Waals surface area contributed by atoms with Crippen LogP contribution in [0.5, 0.6) is 5.88 Å². The number of ether oxygens (including phenoxy) is 2. The Bertz CT molecular complexity index is 514. The van der Waals surface area contributed by atoms with E-state index in [2.05, 4.69) is 9.72 Å². The van der Waals surface area contributed by atoms with Crippen LogP contribution >= 0.6 is 0 Å². The molecule has 0 amide bonds. The van der Waals surface area contributed by atoms with Crippen LogP contribution in [0, 0.1) is 10.1 Å². The summed E-state index contributed by atoms with van der Waals surface area (Å²) in [5.41, 5.74) is -0.485. The highest BCUT2D eigenvalue weighted by Crippen LogP contribution is 2.20. The summed E-state index contributed by atoms with van der Waals surface area (Å²) in [6, 6.07) is 2.47. The minimum atomic E-state index is -1.04. The van der Waals surface area contributed by atoms with Gasteiger partial charge in [-0.25, -0.2) is 9.78 Å². The van der Waals surface area contributed by atoms with Crippen molar-refractivity contribution in [1.29, 1.82) is 0 Å². The molecule has 0 unspecified atom stereocenters. The quantitative estimate of drug-likeness (QED) is 0.323. The minimum absolute atomic E-state index is 0.0538. The molecule has 0 radical (unpaired) electrons. The van der Waals surface area contributed by atoms with E-state index >= 15 is 0 Å². The molecule has 0 aliphatic carbocycles. The Labute approximate surface area is 108 Å². The fraction of sp³-hybridized carbons (Fsp3) is 0.364. The predicted octanol–water partition coefficient (Wildman–Crippen LogP) is 0.673. The zero-order valence-electron chi connectivity index (χ0n) is 10.4. The Balaban J connectivity index is 3.00. The molecule has 19 heavy (non-hydrogen) atoms. The number of hydrogen-bond donors (Lipinski definition) is 0. The van der Waals surface area contributed by atoms with Gasteiger partial charge in [-0.05, 0) is 6.92 Å². The van der Waals surface area contributed by atoms with E-state index in [0.717, 1.165) is 0 Å². The first-order valence-electron chi connectivity index (χ1n) is 5.37. The van der Waals surface area contributed by atoms with Crippen LogP contribution in [0.1, 0.15) is 12.6 Å². The van der Waals surface area contributed by atoms with E-state index in [1.165, 1.54) is 19.2 Å². The molecule has 1 rings (SSSR count). The summed E-state index contributed by atoms with van der Waals surface area (Å²) < 4.78 is 9.33. The molecule has 0 aliphatic heterocycles. The van der Waals surface area contributed by atoms with Gasteiger partial charge in [0.2, 0.25) is 11.7 Å². The van der Waals surface area contributed by atoms with Gasteiger partial charge in [-0.3, -0.25) is 14.9 Å². The van der Waals surface area contributed by atoms with Crippen LogP contribution in [0.25, 0.3) is 0 Å². The van der Waals surface area contributed by atoms with E-state index in [1.54, 1.807) is 6.92 Å². The van der Waals surface area contributed by atoms with Crippen molar-refractivity contribution in [1.82, 2.24) is 4.98 Å². The third kappa shape index (κ3) is 3.73. The van der Waals surface area contributed by atoms with Crippen LogP contribution in [0.2, 0.25) is 0 Å². The van der Waals surface area contributed by atoms with Crippen molar-refractivity contribution < 1.29 is 24.0 Å². The lowest BCUT2D eigenvalue weighted by Gasteiger charge is -2.04. The van der Waals surface area contributed by atoms with Crippen LogP contribution in [-0.4, -0.2) is 35.4 Å². The molecule has 102 valence electrons. The fourth-order valence-corrected chi connectivity index (χ4v) is 1.32. The van der Waals surface area contributed by atoms with Gasteiger partial charge in [-0.2, -0.15) is 0 Å². The summed E-state index contributed by atoms with van der Waals surface area (Å²) >= 11 is 0. The molecule has 0 N–H and O–H groups in total. The molecule has 0 saturated heterocycles. The smallest absolute Gasteiger partial charge is 0.375 e. The zero-order chi connectivity index (χ0) is 14.4. The van der Waals surface area contributed by atoms with Crippen molar-refractivity contribution in [3.63, 3.8) is 0 Å². The summed E-state index contributed by atoms with van der Waals surface area (Å²) in [7, 11) is 1.34. The monoisotopic (exact) mass is 268 g/mol. The van der Waals surface area contributed by atoms with Gasteiger partial charge in [-0.15, -0.1) is 0 Å². The Morgan fingerprint density at radius 1 is 1.42 bits per heavy atom. The minimum Gasteiger partial charge on any atom is -0.481 e. The third-order valence-corrected chi connectivity index (χ3v) is 2.16. The molecular formula is C11H12N2O6. The van der Waals surface area contributed by atoms with Gasteiger partial charge >= 0.3 is 5.97 Å². The number of carbonyl (C=O) groups is 2. The molecule has 0 aromatic carbocycles. The molecule has 1 heterocycles. The highest BCUT2D eigenvalue weighted by Gasteiger charge is 2.23. The maximum Gasteiger partial charge on any atom is 0.375 e. The first kappa shape index (κ1) is 14.6. The van der Waals surface area contributed by atoms with Gasteiger partial charge in [0.15, 0.2) is 0 Å². The lowest BCUT2D eigenvalue weighted by atomic mass is 10.1.